The van der Waals surface area contributed by atoms with Gasteiger partial charge in [-0.2, -0.15) is 0 Å². The van der Waals surface area contributed by atoms with Crippen molar-refractivity contribution in [1.82, 2.24) is 10.2 Å². The fourth-order valence-electron chi connectivity index (χ4n) is 3.49. The number of nitrogens with one attached hydrogen (secondary N) is 2. The minimum Gasteiger partial charge on any atom is -0.497 e. The zero-order valence-electron chi connectivity index (χ0n) is 18.1. The van der Waals surface area contributed by atoms with E-state index in [1.807, 2.05) is 19.1 Å². The maximum absolute atomic E-state index is 12.5. The van der Waals surface area contributed by atoms with Crippen LogP contribution in [-0.4, -0.2) is 63.8 Å². The first-order valence-electron chi connectivity index (χ1n) is 10.2. The van der Waals surface area contributed by atoms with Crippen LogP contribution in [0.1, 0.15) is 17.2 Å². The number of carbonyl (C=O) groups excluding carboxylic acids is 2. The summed E-state index contributed by atoms with van der Waals surface area (Å²) in [5.74, 6) is -0.464. The van der Waals surface area contributed by atoms with Gasteiger partial charge >= 0.3 is 11.8 Å². The summed E-state index contributed by atoms with van der Waals surface area (Å²) in [6.07, 6.45) is 0. The van der Waals surface area contributed by atoms with Gasteiger partial charge in [-0.25, -0.2) is 0 Å². The second kappa shape index (κ2) is 10.8. The molecule has 0 radical (unpaired) electrons. The van der Waals surface area contributed by atoms with Gasteiger partial charge in [0.15, 0.2) is 0 Å². The standard InChI is InChI=1S/C23H29N3O5/c1-16-4-6-17(7-5-16)20(26-10-12-31-13-11-26)15-24-22(27)23(28)25-19-9-8-18(29-2)14-21(19)30-3/h4-9,14,20H,10-13,15H2,1-3H3,(H,24,27)(H,25,28)/t20-/m1/s1. The number of ether oxygens (including phenoxy) is 3. The number of methoxy groups -OCH3 is 2. The number of carbonyl (C=O) groups is 2. The van der Waals surface area contributed by atoms with E-state index in [2.05, 4.69) is 27.7 Å². The molecule has 8 heteroatoms. The van der Waals surface area contributed by atoms with Crippen molar-refractivity contribution in [2.24, 2.45) is 0 Å². The minimum atomic E-state index is -0.756. The molecule has 2 N–H and O–H groups in total. The van der Waals surface area contributed by atoms with Crippen molar-refractivity contribution in [2.45, 2.75) is 13.0 Å². The summed E-state index contributed by atoms with van der Waals surface area (Å²) >= 11 is 0. The Morgan fingerprint density at radius 3 is 2.39 bits per heavy atom. The van der Waals surface area contributed by atoms with Gasteiger partial charge in [-0.1, -0.05) is 29.8 Å². The number of amides is 2. The zero-order valence-corrected chi connectivity index (χ0v) is 18.1. The summed E-state index contributed by atoms with van der Waals surface area (Å²) in [4.78, 5) is 27.2. The highest BCUT2D eigenvalue weighted by Crippen LogP contribution is 2.29. The maximum Gasteiger partial charge on any atom is 0.313 e. The number of hydrogen-bond acceptors (Lipinski definition) is 6. The van der Waals surface area contributed by atoms with Crippen molar-refractivity contribution in [3.63, 3.8) is 0 Å². The molecule has 3 rings (SSSR count). The van der Waals surface area contributed by atoms with Gasteiger partial charge in [0.25, 0.3) is 0 Å². The molecule has 1 aliphatic heterocycles. The third-order valence-corrected chi connectivity index (χ3v) is 5.27. The van der Waals surface area contributed by atoms with Crippen LogP contribution in [0.25, 0.3) is 0 Å². The number of nitrogens with zero attached hydrogens (tertiary/aromatic N) is 1. The molecule has 0 bridgehead atoms. The second-order valence-electron chi connectivity index (χ2n) is 7.31. The lowest BCUT2D eigenvalue weighted by Crippen LogP contribution is -2.45. The Morgan fingerprint density at radius 1 is 1.03 bits per heavy atom. The van der Waals surface area contributed by atoms with Crippen LogP contribution in [0, 0.1) is 6.92 Å². The molecule has 0 spiro atoms. The van der Waals surface area contributed by atoms with Gasteiger partial charge in [0.05, 0.1) is 39.2 Å². The van der Waals surface area contributed by atoms with Crippen molar-refractivity contribution in [1.29, 1.82) is 0 Å². The predicted molar refractivity (Wildman–Crippen MR) is 117 cm³/mol. The maximum atomic E-state index is 12.5. The fourth-order valence-corrected chi connectivity index (χ4v) is 3.49. The van der Waals surface area contributed by atoms with E-state index in [0.29, 0.717) is 36.9 Å². The van der Waals surface area contributed by atoms with Crippen LogP contribution in [-0.2, 0) is 14.3 Å². The highest BCUT2D eigenvalue weighted by Gasteiger charge is 2.25. The predicted octanol–water partition coefficient (Wildman–Crippen LogP) is 2.14. The zero-order chi connectivity index (χ0) is 22.2. The highest BCUT2D eigenvalue weighted by atomic mass is 16.5. The summed E-state index contributed by atoms with van der Waals surface area (Å²) in [5, 5.41) is 5.37. The van der Waals surface area contributed by atoms with Gasteiger partial charge < -0.3 is 24.8 Å². The van der Waals surface area contributed by atoms with Crippen LogP contribution in [0.3, 0.4) is 0 Å². The van der Waals surface area contributed by atoms with Crippen molar-refractivity contribution >= 4 is 17.5 Å². The molecule has 1 heterocycles. The Balaban J connectivity index is 1.66. The van der Waals surface area contributed by atoms with Crippen molar-refractivity contribution in [2.75, 3.05) is 52.4 Å². The average molecular weight is 428 g/mol. The Bertz CT molecular complexity index is 895. The van der Waals surface area contributed by atoms with Crippen molar-refractivity contribution in [3.05, 3.63) is 53.6 Å². The van der Waals surface area contributed by atoms with E-state index in [9.17, 15) is 9.59 Å². The molecule has 1 fully saturated rings. The van der Waals surface area contributed by atoms with Crippen LogP contribution in [0.15, 0.2) is 42.5 Å². The lowest BCUT2D eigenvalue weighted by Gasteiger charge is -2.35. The molecule has 31 heavy (non-hydrogen) atoms. The van der Waals surface area contributed by atoms with Crippen molar-refractivity contribution in [3.8, 4) is 11.5 Å². The number of aryl methyl sites for hydroxylation is 1. The third kappa shape index (κ3) is 5.96. The van der Waals surface area contributed by atoms with E-state index < -0.39 is 11.8 Å². The number of anilines is 1. The monoisotopic (exact) mass is 427 g/mol. The molecule has 1 atom stereocenters. The number of hydrogen-bond donors (Lipinski definition) is 2. The van der Waals surface area contributed by atoms with Gasteiger partial charge in [0.1, 0.15) is 11.5 Å². The van der Waals surface area contributed by atoms with Gasteiger partial charge in [0, 0.05) is 25.7 Å². The minimum absolute atomic E-state index is 0.0447. The molecular formula is C23H29N3O5. The second-order valence-corrected chi connectivity index (χ2v) is 7.31. The molecule has 0 aliphatic carbocycles. The van der Waals surface area contributed by atoms with Crippen molar-refractivity contribution < 1.29 is 23.8 Å². The SMILES string of the molecule is COc1ccc(NC(=O)C(=O)NC[C@H](c2ccc(C)cc2)N2CCOCC2)c(OC)c1. The van der Waals surface area contributed by atoms with Gasteiger partial charge in [-0.15, -0.1) is 0 Å². The normalized spacial score (nSPS) is 15.1. The quantitative estimate of drug-likeness (QED) is 0.658. The Hall–Kier alpha value is -3.10. The van der Waals surface area contributed by atoms with E-state index in [0.717, 1.165) is 18.7 Å². The fraction of sp³-hybridized carbons (Fsp3) is 0.391. The van der Waals surface area contributed by atoms with Crippen LogP contribution >= 0.6 is 0 Å². The molecule has 2 amide bonds. The molecule has 1 aliphatic rings. The summed E-state index contributed by atoms with van der Waals surface area (Å²) in [6, 6.07) is 13.1. The lowest BCUT2D eigenvalue weighted by atomic mass is 10.0. The Kier molecular flexibility index (Phi) is 7.86. The topological polar surface area (TPSA) is 89.1 Å². The Labute approximate surface area is 182 Å². The van der Waals surface area contributed by atoms with E-state index >= 15 is 0 Å². The smallest absolute Gasteiger partial charge is 0.313 e. The summed E-state index contributed by atoms with van der Waals surface area (Å²) in [5.41, 5.74) is 2.65. The molecular weight excluding hydrogens is 398 g/mol. The summed E-state index contributed by atoms with van der Waals surface area (Å²) in [7, 11) is 3.03. The van der Waals surface area contributed by atoms with Gasteiger partial charge in [-0.05, 0) is 24.6 Å². The van der Waals surface area contributed by atoms with Gasteiger partial charge in [-0.3, -0.25) is 14.5 Å². The molecule has 0 aromatic heterocycles. The van der Waals surface area contributed by atoms with Gasteiger partial charge in [0.2, 0.25) is 0 Å². The molecule has 166 valence electrons. The average Bonchev–Trinajstić information content (AvgIpc) is 2.81. The van der Waals surface area contributed by atoms with E-state index in [1.54, 1.807) is 25.3 Å². The first kappa shape index (κ1) is 22.6. The van der Waals surface area contributed by atoms with Crippen LogP contribution in [0.4, 0.5) is 5.69 Å². The molecule has 1 saturated heterocycles. The van der Waals surface area contributed by atoms with Crippen LogP contribution < -0.4 is 20.1 Å². The number of benzene rings is 2. The number of morpholine rings is 1. The first-order chi connectivity index (χ1) is 15.0. The summed E-state index contributed by atoms with van der Waals surface area (Å²) < 4.78 is 15.9. The highest BCUT2D eigenvalue weighted by molar-refractivity contribution is 6.39. The molecule has 2 aromatic rings. The van der Waals surface area contributed by atoms with Crippen LogP contribution in [0.5, 0.6) is 11.5 Å². The Morgan fingerprint density at radius 2 is 1.74 bits per heavy atom. The molecule has 0 unspecified atom stereocenters. The first-order valence-corrected chi connectivity index (χ1v) is 10.2. The van der Waals surface area contributed by atoms with Crippen LogP contribution in [0.2, 0.25) is 0 Å². The molecule has 8 nitrogen and oxygen atoms in total. The third-order valence-electron chi connectivity index (χ3n) is 5.27. The van der Waals surface area contributed by atoms with E-state index in [1.165, 1.54) is 12.7 Å². The summed E-state index contributed by atoms with van der Waals surface area (Å²) in [6.45, 7) is 5.18. The van der Waals surface area contributed by atoms with E-state index in [4.69, 9.17) is 14.2 Å². The largest absolute Gasteiger partial charge is 0.497 e. The molecule has 0 saturated carbocycles. The van der Waals surface area contributed by atoms with E-state index in [-0.39, 0.29) is 6.04 Å². The number of rotatable bonds is 7. The lowest BCUT2D eigenvalue weighted by molar-refractivity contribution is -0.136. The molecule has 2 aromatic carbocycles.